The first-order valence-electron chi connectivity index (χ1n) is 8.74. The monoisotopic (exact) mass is 496 g/mol. The van der Waals surface area contributed by atoms with Crippen LogP contribution in [0.5, 0.6) is 0 Å². The van der Waals surface area contributed by atoms with Crippen LogP contribution < -0.4 is 10.6 Å². The fraction of sp³-hybridized carbons (Fsp3) is 0.300. The van der Waals surface area contributed by atoms with Crippen LogP contribution in [0.1, 0.15) is 34.2 Å². The lowest BCUT2D eigenvalue weighted by Crippen LogP contribution is -2.39. The number of aromatic nitrogens is 1. The van der Waals surface area contributed by atoms with Crippen molar-refractivity contribution in [2.24, 2.45) is 4.99 Å². The second kappa shape index (κ2) is 11.1. The summed E-state index contributed by atoms with van der Waals surface area (Å²) in [6, 6.07) is 14.4. The number of aliphatic imine (C=N–C) groups is 1. The third-order valence-electron chi connectivity index (χ3n) is 3.94. The van der Waals surface area contributed by atoms with E-state index in [1.54, 1.807) is 17.6 Å². The van der Waals surface area contributed by atoms with E-state index in [1.165, 1.54) is 10.4 Å². The van der Waals surface area contributed by atoms with Crippen molar-refractivity contribution in [1.29, 1.82) is 0 Å². The van der Waals surface area contributed by atoms with E-state index in [0.29, 0.717) is 6.54 Å². The molecule has 2 heterocycles. The predicted molar refractivity (Wildman–Crippen MR) is 122 cm³/mol. The molecule has 0 saturated carbocycles. The zero-order valence-electron chi connectivity index (χ0n) is 15.5. The molecule has 1 unspecified atom stereocenters. The molecular weight excluding hydrogens is 471 g/mol. The Labute approximate surface area is 181 Å². The van der Waals surface area contributed by atoms with E-state index < -0.39 is 0 Å². The Morgan fingerprint density at radius 3 is 2.70 bits per heavy atom. The molecule has 5 nitrogen and oxygen atoms in total. The van der Waals surface area contributed by atoms with Crippen molar-refractivity contribution in [3.05, 3.63) is 76.1 Å². The van der Waals surface area contributed by atoms with Gasteiger partial charge >= 0.3 is 0 Å². The van der Waals surface area contributed by atoms with Gasteiger partial charge in [-0.25, -0.2) is 9.98 Å². The average Bonchev–Trinajstić information content (AvgIpc) is 3.32. The van der Waals surface area contributed by atoms with Gasteiger partial charge in [0, 0.05) is 24.0 Å². The minimum Gasteiger partial charge on any atom is -0.469 e. The molecule has 7 heteroatoms. The Kier molecular flexibility index (Phi) is 8.80. The van der Waals surface area contributed by atoms with Gasteiger partial charge in [-0.2, -0.15) is 0 Å². The van der Waals surface area contributed by atoms with Crippen molar-refractivity contribution in [1.82, 2.24) is 15.6 Å². The molecule has 0 fully saturated rings. The lowest BCUT2D eigenvalue weighted by Gasteiger charge is -2.18. The highest BCUT2D eigenvalue weighted by atomic mass is 127. The number of benzene rings is 1. The van der Waals surface area contributed by atoms with Crippen molar-refractivity contribution in [3.63, 3.8) is 0 Å². The van der Waals surface area contributed by atoms with Crippen LogP contribution in [0.15, 0.2) is 64.3 Å². The summed E-state index contributed by atoms with van der Waals surface area (Å²) in [4.78, 5) is 10.3. The first-order valence-corrected chi connectivity index (χ1v) is 9.56. The smallest absolute Gasteiger partial charge is 0.192 e. The molecular formula is C20H25IN4OS. The Balaban J connectivity index is 0.00000261. The number of hydrogen-bond acceptors (Lipinski definition) is 4. The molecule has 0 aliphatic carbocycles. The summed E-state index contributed by atoms with van der Waals surface area (Å²) in [5.74, 6) is 1.74. The van der Waals surface area contributed by atoms with Crippen molar-refractivity contribution in [2.75, 3.05) is 6.54 Å². The summed E-state index contributed by atoms with van der Waals surface area (Å²) in [7, 11) is 0. The number of guanidine groups is 1. The second-order valence-corrected chi connectivity index (χ2v) is 7.38. The summed E-state index contributed by atoms with van der Waals surface area (Å²) in [5.41, 5.74) is 1.22. The molecule has 144 valence electrons. The van der Waals surface area contributed by atoms with E-state index in [1.807, 2.05) is 36.5 Å². The van der Waals surface area contributed by atoms with Crippen LogP contribution in [0.25, 0.3) is 0 Å². The number of rotatable bonds is 7. The summed E-state index contributed by atoms with van der Waals surface area (Å²) in [5, 5.41) is 7.88. The number of nitrogens with zero attached hydrogens (tertiary/aromatic N) is 2. The van der Waals surface area contributed by atoms with Gasteiger partial charge in [-0.1, -0.05) is 30.3 Å². The highest BCUT2D eigenvalue weighted by Crippen LogP contribution is 2.13. The zero-order chi connectivity index (χ0) is 18.2. The Morgan fingerprint density at radius 2 is 2.04 bits per heavy atom. The highest BCUT2D eigenvalue weighted by molar-refractivity contribution is 14.0. The lowest BCUT2D eigenvalue weighted by atomic mass is 10.1. The summed E-state index contributed by atoms with van der Waals surface area (Å²) in [6.45, 7) is 5.50. The molecule has 3 rings (SSSR count). The van der Waals surface area contributed by atoms with E-state index in [4.69, 9.17) is 9.41 Å². The van der Waals surface area contributed by atoms with Crippen LogP contribution in [-0.4, -0.2) is 17.5 Å². The number of furan rings is 1. The first kappa shape index (κ1) is 21.4. The minimum absolute atomic E-state index is 0. The summed E-state index contributed by atoms with van der Waals surface area (Å²) >= 11 is 1.68. The predicted octanol–water partition coefficient (Wildman–Crippen LogP) is 4.70. The highest BCUT2D eigenvalue weighted by Gasteiger charge is 2.08. The maximum Gasteiger partial charge on any atom is 0.192 e. The van der Waals surface area contributed by atoms with Gasteiger partial charge in [0.15, 0.2) is 5.96 Å². The molecule has 0 bridgehead atoms. The normalized spacial score (nSPS) is 12.3. The molecule has 1 aromatic carbocycles. The third-order valence-corrected chi connectivity index (χ3v) is 4.84. The molecule has 27 heavy (non-hydrogen) atoms. The quantitative estimate of drug-likeness (QED) is 0.283. The van der Waals surface area contributed by atoms with Crippen molar-refractivity contribution in [2.45, 2.75) is 32.9 Å². The van der Waals surface area contributed by atoms with E-state index in [-0.39, 0.29) is 30.0 Å². The van der Waals surface area contributed by atoms with Crippen LogP contribution in [-0.2, 0) is 13.0 Å². The third kappa shape index (κ3) is 6.99. The van der Waals surface area contributed by atoms with Gasteiger partial charge in [0.1, 0.15) is 10.8 Å². The fourth-order valence-electron chi connectivity index (χ4n) is 2.56. The van der Waals surface area contributed by atoms with Gasteiger partial charge in [0.25, 0.3) is 0 Å². The fourth-order valence-corrected chi connectivity index (χ4v) is 3.27. The van der Waals surface area contributed by atoms with Crippen LogP contribution in [0.2, 0.25) is 0 Å². The maximum absolute atomic E-state index is 5.39. The molecule has 0 spiro atoms. The average molecular weight is 496 g/mol. The van der Waals surface area contributed by atoms with Crippen LogP contribution >= 0.6 is 35.3 Å². The first-order chi connectivity index (χ1) is 12.7. The van der Waals surface area contributed by atoms with Gasteiger partial charge in [0.2, 0.25) is 0 Å². The van der Waals surface area contributed by atoms with Gasteiger partial charge in [-0.05, 0) is 31.5 Å². The number of nitrogens with one attached hydrogen (secondary N) is 2. The molecule has 3 aromatic rings. The topological polar surface area (TPSA) is 62.5 Å². The molecule has 2 N–H and O–H groups in total. The molecule has 0 aliphatic heterocycles. The Bertz CT molecular complexity index is 818. The summed E-state index contributed by atoms with van der Waals surface area (Å²) < 4.78 is 5.39. The van der Waals surface area contributed by atoms with Crippen molar-refractivity contribution in [3.8, 4) is 0 Å². The number of thiazole rings is 1. The molecule has 0 amide bonds. The number of halogens is 1. The Morgan fingerprint density at radius 1 is 1.22 bits per heavy atom. The van der Waals surface area contributed by atoms with E-state index in [2.05, 4.69) is 41.6 Å². The lowest BCUT2D eigenvalue weighted by molar-refractivity contribution is 0.506. The van der Waals surface area contributed by atoms with Crippen LogP contribution in [0.4, 0.5) is 0 Å². The van der Waals surface area contributed by atoms with Gasteiger partial charge in [-0.15, -0.1) is 35.3 Å². The minimum atomic E-state index is 0. The molecule has 2 aromatic heterocycles. The van der Waals surface area contributed by atoms with E-state index in [0.717, 1.165) is 29.7 Å². The van der Waals surface area contributed by atoms with Gasteiger partial charge in [0.05, 0.1) is 18.8 Å². The van der Waals surface area contributed by atoms with Crippen LogP contribution in [0, 0.1) is 6.92 Å². The molecule has 0 saturated heterocycles. The molecule has 0 radical (unpaired) electrons. The maximum atomic E-state index is 5.39. The van der Waals surface area contributed by atoms with E-state index >= 15 is 0 Å². The van der Waals surface area contributed by atoms with Gasteiger partial charge < -0.3 is 15.1 Å². The largest absolute Gasteiger partial charge is 0.469 e. The second-order valence-electron chi connectivity index (χ2n) is 6.06. The van der Waals surface area contributed by atoms with Crippen molar-refractivity contribution < 1.29 is 4.42 Å². The summed E-state index contributed by atoms with van der Waals surface area (Å²) in [6.07, 6.45) is 4.40. The van der Waals surface area contributed by atoms with Gasteiger partial charge in [-0.3, -0.25) is 0 Å². The number of hydrogen-bond donors (Lipinski definition) is 2. The standard InChI is InChI=1S/C20H24N4OS.HI/c1-15-13-22-19(26-15)14-23-20(21-11-10-18-9-6-12-25-18)24-16(2)17-7-4-3-5-8-17;/h3-9,12-13,16H,10-11,14H2,1-2H3,(H2,21,23,24);1H. The van der Waals surface area contributed by atoms with Crippen LogP contribution in [0.3, 0.4) is 0 Å². The molecule has 1 atom stereocenters. The van der Waals surface area contributed by atoms with E-state index in [9.17, 15) is 0 Å². The van der Waals surface area contributed by atoms with Crippen molar-refractivity contribution >= 4 is 41.3 Å². The SMILES string of the molecule is Cc1cnc(CN=C(NCCc2ccco2)NC(C)c2ccccc2)s1.I. The Hall–Kier alpha value is -1.87. The zero-order valence-corrected chi connectivity index (χ0v) is 18.7. The molecule has 0 aliphatic rings. The number of aryl methyl sites for hydroxylation is 1.